The van der Waals surface area contributed by atoms with E-state index >= 15 is 0 Å². The van der Waals surface area contributed by atoms with Gasteiger partial charge in [0, 0.05) is 18.0 Å². The topological polar surface area (TPSA) is 119 Å². The summed E-state index contributed by atoms with van der Waals surface area (Å²) in [6.45, 7) is 0.0845. The molecule has 0 aliphatic carbocycles. The fourth-order valence-corrected chi connectivity index (χ4v) is 2.76. The molecule has 0 radical (unpaired) electrons. The normalized spacial score (nSPS) is 10.8. The lowest BCUT2D eigenvalue weighted by molar-refractivity contribution is 0.0945. The molecule has 1 amide bonds. The molecule has 4 aromatic rings. The molecule has 1 aromatic carbocycles. The molecule has 0 aliphatic rings. The van der Waals surface area contributed by atoms with E-state index < -0.39 is 11.6 Å². The number of nitrogens with one attached hydrogen (secondary N) is 4. The first-order valence-electron chi connectivity index (χ1n) is 8.42. The molecule has 0 bridgehead atoms. The van der Waals surface area contributed by atoms with E-state index in [9.17, 15) is 14.0 Å². The molecule has 8 nitrogen and oxygen atoms in total. The SMILES string of the molecule is O=C(NCc1nc(-c2cccc(F)c2)c(-c2ccccn2)[nH]1)c1c[nH]c(=O)[nH]1. The molecule has 9 heteroatoms. The summed E-state index contributed by atoms with van der Waals surface area (Å²) in [7, 11) is 0. The van der Waals surface area contributed by atoms with E-state index in [1.165, 1.54) is 18.3 Å². The fourth-order valence-electron chi connectivity index (χ4n) is 2.76. The Morgan fingerprint density at radius 3 is 2.75 bits per heavy atom. The third kappa shape index (κ3) is 3.58. The average molecular weight is 378 g/mol. The number of carbonyl (C=O) groups is 1. The largest absolute Gasteiger partial charge is 0.343 e. The zero-order valence-electron chi connectivity index (χ0n) is 14.5. The molecule has 3 heterocycles. The maximum atomic E-state index is 13.7. The van der Waals surface area contributed by atoms with E-state index in [0.29, 0.717) is 28.5 Å². The molecule has 0 unspecified atom stereocenters. The number of halogens is 1. The van der Waals surface area contributed by atoms with E-state index in [2.05, 4.69) is 30.2 Å². The quantitative estimate of drug-likeness (QED) is 0.426. The number of imidazole rings is 2. The lowest BCUT2D eigenvalue weighted by atomic mass is 10.1. The van der Waals surface area contributed by atoms with Crippen LogP contribution in [0.5, 0.6) is 0 Å². The van der Waals surface area contributed by atoms with E-state index in [1.54, 1.807) is 24.4 Å². The predicted octanol–water partition coefficient (Wildman–Crippen LogP) is 2.22. The molecule has 0 atom stereocenters. The van der Waals surface area contributed by atoms with Gasteiger partial charge in [-0.05, 0) is 24.3 Å². The number of H-pyrrole nitrogens is 3. The Morgan fingerprint density at radius 2 is 2.04 bits per heavy atom. The second kappa shape index (κ2) is 7.31. The average Bonchev–Trinajstić information content (AvgIpc) is 3.33. The molecule has 0 spiro atoms. The van der Waals surface area contributed by atoms with Gasteiger partial charge >= 0.3 is 5.69 Å². The van der Waals surface area contributed by atoms with Gasteiger partial charge in [0.1, 0.15) is 17.3 Å². The molecular weight excluding hydrogens is 363 g/mol. The molecule has 4 N–H and O–H groups in total. The molecule has 140 valence electrons. The maximum Gasteiger partial charge on any atom is 0.323 e. The Morgan fingerprint density at radius 1 is 1.14 bits per heavy atom. The Kier molecular flexibility index (Phi) is 4.55. The molecule has 3 aromatic heterocycles. The van der Waals surface area contributed by atoms with Crippen LogP contribution in [0.2, 0.25) is 0 Å². The van der Waals surface area contributed by atoms with E-state index in [4.69, 9.17) is 0 Å². The van der Waals surface area contributed by atoms with Crippen molar-refractivity contribution in [2.45, 2.75) is 6.54 Å². The van der Waals surface area contributed by atoms with Gasteiger partial charge in [-0.2, -0.15) is 0 Å². The first kappa shape index (κ1) is 17.4. The molecule has 0 saturated carbocycles. The van der Waals surface area contributed by atoms with Gasteiger partial charge in [0.25, 0.3) is 5.91 Å². The Labute approximate surface area is 157 Å². The van der Waals surface area contributed by atoms with Crippen molar-refractivity contribution >= 4 is 5.91 Å². The third-order valence-corrected chi connectivity index (χ3v) is 4.03. The van der Waals surface area contributed by atoms with Crippen molar-refractivity contribution in [3.8, 4) is 22.6 Å². The number of pyridine rings is 1. The van der Waals surface area contributed by atoms with Crippen LogP contribution >= 0.6 is 0 Å². The van der Waals surface area contributed by atoms with Crippen LogP contribution in [0.3, 0.4) is 0 Å². The number of carbonyl (C=O) groups excluding carboxylic acids is 1. The minimum absolute atomic E-state index is 0.0845. The summed E-state index contributed by atoms with van der Waals surface area (Å²) < 4.78 is 13.7. The highest BCUT2D eigenvalue weighted by Gasteiger charge is 2.16. The first-order chi connectivity index (χ1) is 13.6. The number of hydrogen-bond donors (Lipinski definition) is 4. The van der Waals surface area contributed by atoms with Crippen LogP contribution in [0.1, 0.15) is 16.3 Å². The van der Waals surface area contributed by atoms with Gasteiger partial charge in [0.05, 0.1) is 23.6 Å². The summed E-state index contributed by atoms with van der Waals surface area (Å²) in [6, 6.07) is 11.5. The standard InChI is InChI=1S/C19H15FN6O2/c20-12-5-3-4-11(8-12)16-17(13-6-1-2-7-21-13)26-15(25-16)10-22-18(27)14-9-23-19(28)24-14/h1-9H,10H2,(H,22,27)(H,25,26)(H2,23,24,28). The summed E-state index contributed by atoms with van der Waals surface area (Å²) in [4.78, 5) is 39.9. The van der Waals surface area contributed by atoms with Crippen LogP contribution in [0.25, 0.3) is 22.6 Å². The van der Waals surface area contributed by atoms with Gasteiger partial charge < -0.3 is 20.3 Å². The number of benzene rings is 1. The summed E-state index contributed by atoms with van der Waals surface area (Å²) >= 11 is 0. The van der Waals surface area contributed by atoms with Crippen LogP contribution in [0.4, 0.5) is 4.39 Å². The van der Waals surface area contributed by atoms with Gasteiger partial charge in [0.2, 0.25) is 0 Å². The van der Waals surface area contributed by atoms with Crippen LogP contribution in [0, 0.1) is 5.82 Å². The molecule has 28 heavy (non-hydrogen) atoms. The van der Waals surface area contributed by atoms with Gasteiger partial charge in [-0.25, -0.2) is 14.2 Å². The number of aromatic amines is 3. The lowest BCUT2D eigenvalue weighted by Gasteiger charge is -2.02. The van der Waals surface area contributed by atoms with Crippen LogP contribution in [-0.4, -0.2) is 30.8 Å². The van der Waals surface area contributed by atoms with Gasteiger partial charge in [-0.15, -0.1) is 0 Å². The van der Waals surface area contributed by atoms with Crippen molar-refractivity contribution in [3.63, 3.8) is 0 Å². The summed E-state index contributed by atoms with van der Waals surface area (Å²) in [5, 5.41) is 2.67. The highest BCUT2D eigenvalue weighted by molar-refractivity contribution is 5.91. The van der Waals surface area contributed by atoms with Gasteiger partial charge in [-0.1, -0.05) is 18.2 Å². The van der Waals surface area contributed by atoms with Crippen molar-refractivity contribution in [2.75, 3.05) is 0 Å². The highest BCUT2D eigenvalue weighted by Crippen LogP contribution is 2.29. The second-order valence-corrected chi connectivity index (χ2v) is 5.97. The number of hydrogen-bond acceptors (Lipinski definition) is 4. The van der Waals surface area contributed by atoms with Crippen molar-refractivity contribution in [3.05, 3.63) is 82.7 Å². The summed E-state index contributed by atoms with van der Waals surface area (Å²) in [5.74, 6) is -0.369. The number of rotatable bonds is 5. The van der Waals surface area contributed by atoms with Crippen molar-refractivity contribution in [1.82, 2.24) is 30.2 Å². The summed E-state index contributed by atoms with van der Waals surface area (Å²) in [6.07, 6.45) is 2.94. The number of nitrogens with zero attached hydrogens (tertiary/aromatic N) is 2. The Hall–Kier alpha value is -4.01. The lowest BCUT2D eigenvalue weighted by Crippen LogP contribution is -2.24. The molecule has 0 saturated heterocycles. The van der Waals surface area contributed by atoms with Crippen LogP contribution in [-0.2, 0) is 6.54 Å². The van der Waals surface area contributed by atoms with Gasteiger partial charge in [0.15, 0.2) is 0 Å². The third-order valence-electron chi connectivity index (χ3n) is 4.03. The minimum atomic E-state index is -0.464. The summed E-state index contributed by atoms with van der Waals surface area (Å²) in [5.41, 5.74) is 2.02. The number of amides is 1. The van der Waals surface area contributed by atoms with Crippen LogP contribution < -0.4 is 11.0 Å². The molecule has 4 rings (SSSR count). The monoisotopic (exact) mass is 378 g/mol. The van der Waals surface area contributed by atoms with Crippen molar-refractivity contribution in [2.24, 2.45) is 0 Å². The Balaban J connectivity index is 1.65. The smallest absolute Gasteiger partial charge is 0.323 e. The zero-order chi connectivity index (χ0) is 19.5. The van der Waals surface area contributed by atoms with Gasteiger partial charge in [-0.3, -0.25) is 9.78 Å². The molecule has 0 aliphatic heterocycles. The minimum Gasteiger partial charge on any atom is -0.343 e. The molecular formula is C19H15FN6O2. The molecule has 0 fully saturated rings. The predicted molar refractivity (Wildman–Crippen MR) is 99.8 cm³/mol. The van der Waals surface area contributed by atoms with Crippen molar-refractivity contribution in [1.29, 1.82) is 0 Å². The Bertz CT molecular complexity index is 1180. The highest BCUT2D eigenvalue weighted by atomic mass is 19.1. The first-order valence-corrected chi connectivity index (χ1v) is 8.42. The van der Waals surface area contributed by atoms with Crippen molar-refractivity contribution < 1.29 is 9.18 Å². The maximum absolute atomic E-state index is 13.7. The second-order valence-electron chi connectivity index (χ2n) is 5.97. The zero-order valence-corrected chi connectivity index (χ0v) is 14.5. The van der Waals surface area contributed by atoms with E-state index in [-0.39, 0.29) is 18.1 Å². The van der Waals surface area contributed by atoms with E-state index in [1.807, 2.05) is 12.1 Å². The van der Waals surface area contributed by atoms with Crippen LogP contribution in [0.15, 0.2) is 59.7 Å². The number of aromatic nitrogens is 5. The fraction of sp³-hybridized carbons (Fsp3) is 0.0526. The van der Waals surface area contributed by atoms with E-state index in [0.717, 1.165) is 0 Å².